The molecule has 0 atom stereocenters. The number of thioether (sulfide) groups is 1. The minimum atomic E-state index is -0.00411. The van der Waals surface area contributed by atoms with Gasteiger partial charge in [-0.15, -0.1) is 10.2 Å². The van der Waals surface area contributed by atoms with E-state index in [-0.39, 0.29) is 17.7 Å². The third-order valence-electron chi connectivity index (χ3n) is 3.28. The molecule has 0 saturated heterocycles. The standard InChI is InChI=1S/C15H15N3O2S2/c1-10(19)18(12-7-8-12)14-16-17-15(22-14)21-9-13(20)11-5-3-2-4-6-11/h2-6,12H,7-9H2,1H3. The Bertz CT molecular complexity index is 683. The number of benzene rings is 1. The topological polar surface area (TPSA) is 63.2 Å². The van der Waals surface area contributed by atoms with Crippen LogP contribution in [-0.4, -0.2) is 33.7 Å². The Morgan fingerprint density at radius 1 is 1.27 bits per heavy atom. The quantitative estimate of drug-likeness (QED) is 0.462. The Morgan fingerprint density at radius 3 is 2.64 bits per heavy atom. The molecule has 5 nitrogen and oxygen atoms in total. The lowest BCUT2D eigenvalue weighted by Gasteiger charge is -2.15. The molecule has 0 bridgehead atoms. The van der Waals surface area contributed by atoms with Crippen LogP contribution in [0.1, 0.15) is 30.1 Å². The number of nitrogens with zero attached hydrogens (tertiary/aromatic N) is 3. The molecule has 7 heteroatoms. The maximum absolute atomic E-state index is 12.1. The number of amides is 1. The van der Waals surface area contributed by atoms with Gasteiger partial charge in [0.2, 0.25) is 11.0 Å². The van der Waals surface area contributed by atoms with Crippen LogP contribution in [0, 0.1) is 0 Å². The second-order valence-electron chi connectivity index (χ2n) is 5.05. The van der Waals surface area contributed by atoms with Crippen molar-refractivity contribution in [2.75, 3.05) is 10.7 Å². The highest BCUT2D eigenvalue weighted by molar-refractivity contribution is 8.01. The Labute approximate surface area is 136 Å². The molecule has 0 spiro atoms. The van der Waals surface area contributed by atoms with Crippen molar-refractivity contribution in [2.45, 2.75) is 30.1 Å². The van der Waals surface area contributed by atoms with Crippen LogP contribution in [0.25, 0.3) is 0 Å². The fourth-order valence-corrected chi connectivity index (χ4v) is 3.92. The maximum Gasteiger partial charge on any atom is 0.225 e. The average molecular weight is 333 g/mol. The van der Waals surface area contributed by atoms with Gasteiger partial charge < -0.3 is 0 Å². The van der Waals surface area contributed by atoms with Crippen molar-refractivity contribution < 1.29 is 9.59 Å². The van der Waals surface area contributed by atoms with E-state index >= 15 is 0 Å². The number of Topliss-reactive ketones (excluding diaryl/α,β-unsaturated/α-hetero) is 1. The van der Waals surface area contributed by atoms with E-state index in [2.05, 4.69) is 10.2 Å². The van der Waals surface area contributed by atoms with Crippen molar-refractivity contribution in [3.05, 3.63) is 35.9 Å². The molecule has 1 aromatic heterocycles. The molecule has 2 aromatic rings. The van der Waals surface area contributed by atoms with E-state index in [4.69, 9.17) is 0 Å². The predicted molar refractivity (Wildman–Crippen MR) is 87.6 cm³/mol. The number of aromatic nitrogens is 2. The van der Waals surface area contributed by atoms with Crippen molar-refractivity contribution in [3.63, 3.8) is 0 Å². The van der Waals surface area contributed by atoms with Gasteiger partial charge in [0.05, 0.1) is 5.75 Å². The zero-order chi connectivity index (χ0) is 15.5. The lowest BCUT2D eigenvalue weighted by atomic mass is 10.2. The summed E-state index contributed by atoms with van der Waals surface area (Å²) in [5.74, 6) is 0.380. The Hall–Kier alpha value is -1.73. The SMILES string of the molecule is CC(=O)N(c1nnc(SCC(=O)c2ccccc2)s1)C1CC1. The van der Waals surface area contributed by atoms with Crippen LogP contribution in [0.2, 0.25) is 0 Å². The normalized spacial score (nSPS) is 13.9. The highest BCUT2D eigenvalue weighted by Gasteiger charge is 2.34. The van der Waals surface area contributed by atoms with Crippen molar-refractivity contribution in [1.82, 2.24) is 10.2 Å². The molecule has 1 aliphatic carbocycles. The highest BCUT2D eigenvalue weighted by Crippen LogP contribution is 2.35. The second-order valence-corrected chi connectivity index (χ2v) is 7.23. The number of carbonyl (C=O) groups is 2. The molecule has 1 fully saturated rings. The average Bonchev–Trinajstić information content (AvgIpc) is 3.23. The van der Waals surface area contributed by atoms with Crippen LogP contribution < -0.4 is 4.90 Å². The first-order chi connectivity index (χ1) is 10.6. The zero-order valence-corrected chi connectivity index (χ0v) is 13.7. The number of hydrogen-bond acceptors (Lipinski definition) is 6. The van der Waals surface area contributed by atoms with Gasteiger partial charge in [0.25, 0.3) is 0 Å². The van der Waals surface area contributed by atoms with E-state index in [0.29, 0.717) is 20.8 Å². The van der Waals surface area contributed by atoms with Crippen LogP contribution in [0.3, 0.4) is 0 Å². The van der Waals surface area contributed by atoms with Gasteiger partial charge in [-0.25, -0.2) is 0 Å². The van der Waals surface area contributed by atoms with E-state index < -0.39 is 0 Å². The molecule has 1 saturated carbocycles. The molecule has 1 aromatic carbocycles. The summed E-state index contributed by atoms with van der Waals surface area (Å²) in [5.41, 5.74) is 0.697. The third kappa shape index (κ3) is 3.53. The van der Waals surface area contributed by atoms with Gasteiger partial charge in [-0.1, -0.05) is 53.4 Å². The molecule has 0 unspecified atom stereocenters. The third-order valence-corrected chi connectivity index (χ3v) is 5.33. The smallest absolute Gasteiger partial charge is 0.225 e. The Morgan fingerprint density at radius 2 is 2.00 bits per heavy atom. The predicted octanol–water partition coefficient (Wildman–Crippen LogP) is 3.03. The van der Waals surface area contributed by atoms with Crippen molar-refractivity contribution >= 4 is 39.9 Å². The molecule has 1 amide bonds. The van der Waals surface area contributed by atoms with E-state index in [1.165, 1.54) is 23.1 Å². The minimum absolute atomic E-state index is 0.00411. The summed E-state index contributed by atoms with van der Waals surface area (Å²) in [4.78, 5) is 25.5. The summed E-state index contributed by atoms with van der Waals surface area (Å²) in [5, 5.41) is 8.80. The van der Waals surface area contributed by atoms with Gasteiger partial charge in [-0.05, 0) is 12.8 Å². The highest BCUT2D eigenvalue weighted by atomic mass is 32.2. The van der Waals surface area contributed by atoms with E-state index in [0.717, 1.165) is 12.8 Å². The zero-order valence-electron chi connectivity index (χ0n) is 12.1. The maximum atomic E-state index is 12.1. The van der Waals surface area contributed by atoms with E-state index in [9.17, 15) is 9.59 Å². The minimum Gasteiger partial charge on any atom is -0.293 e. The molecule has 1 aliphatic rings. The number of anilines is 1. The van der Waals surface area contributed by atoms with E-state index in [1.54, 1.807) is 24.0 Å². The summed E-state index contributed by atoms with van der Waals surface area (Å²) >= 11 is 2.73. The molecule has 0 aliphatic heterocycles. The van der Waals surface area contributed by atoms with Gasteiger partial charge in [0.1, 0.15) is 0 Å². The van der Waals surface area contributed by atoms with Crippen LogP contribution >= 0.6 is 23.1 Å². The molecular formula is C15H15N3O2S2. The largest absolute Gasteiger partial charge is 0.293 e. The first-order valence-electron chi connectivity index (χ1n) is 6.99. The molecule has 0 radical (unpaired) electrons. The summed E-state index contributed by atoms with van der Waals surface area (Å²) < 4.78 is 0.714. The van der Waals surface area contributed by atoms with Gasteiger partial charge in [-0.2, -0.15) is 0 Å². The van der Waals surface area contributed by atoms with Crippen molar-refractivity contribution in [1.29, 1.82) is 0 Å². The van der Waals surface area contributed by atoms with Crippen molar-refractivity contribution in [2.24, 2.45) is 0 Å². The molecule has 3 rings (SSSR count). The monoisotopic (exact) mass is 333 g/mol. The van der Waals surface area contributed by atoms with Crippen LogP contribution in [0.4, 0.5) is 5.13 Å². The summed E-state index contributed by atoms with van der Waals surface area (Å²) in [6.45, 7) is 1.55. The lowest BCUT2D eigenvalue weighted by molar-refractivity contribution is -0.116. The van der Waals surface area contributed by atoms with Crippen LogP contribution in [0.5, 0.6) is 0 Å². The molecule has 1 heterocycles. The Balaban J connectivity index is 1.62. The summed E-state index contributed by atoms with van der Waals surface area (Å²) in [6, 6.07) is 9.46. The summed E-state index contributed by atoms with van der Waals surface area (Å²) in [6.07, 6.45) is 2.04. The first-order valence-corrected chi connectivity index (χ1v) is 8.79. The molecule has 0 N–H and O–H groups in total. The second kappa shape index (κ2) is 6.58. The number of ketones is 1. The van der Waals surface area contributed by atoms with Gasteiger partial charge in [-0.3, -0.25) is 14.5 Å². The number of hydrogen-bond donors (Lipinski definition) is 0. The van der Waals surface area contributed by atoms with Crippen LogP contribution in [-0.2, 0) is 4.79 Å². The Kier molecular flexibility index (Phi) is 4.54. The lowest BCUT2D eigenvalue weighted by Crippen LogP contribution is -2.30. The van der Waals surface area contributed by atoms with Gasteiger partial charge in [0.15, 0.2) is 10.1 Å². The number of rotatable bonds is 6. The van der Waals surface area contributed by atoms with Gasteiger partial charge in [0, 0.05) is 18.5 Å². The number of carbonyl (C=O) groups excluding carboxylic acids is 2. The van der Waals surface area contributed by atoms with Gasteiger partial charge >= 0.3 is 0 Å². The molecule has 114 valence electrons. The van der Waals surface area contributed by atoms with Crippen molar-refractivity contribution in [3.8, 4) is 0 Å². The molecular weight excluding hydrogens is 318 g/mol. The fraction of sp³-hybridized carbons (Fsp3) is 0.333. The van der Waals surface area contributed by atoms with E-state index in [1.807, 2.05) is 18.2 Å². The molecule has 22 heavy (non-hydrogen) atoms. The summed E-state index contributed by atoms with van der Waals surface area (Å²) in [7, 11) is 0. The first kappa shape index (κ1) is 15.2. The van der Waals surface area contributed by atoms with Crippen LogP contribution in [0.15, 0.2) is 34.7 Å². The fourth-order valence-electron chi connectivity index (χ4n) is 2.07.